The van der Waals surface area contributed by atoms with Crippen LogP contribution in [0.5, 0.6) is 0 Å². The maximum Gasteiger partial charge on any atom is 0.416 e. The second kappa shape index (κ2) is 9.32. The second-order valence-corrected chi connectivity index (χ2v) is 9.37. The number of alkyl halides is 3. The van der Waals surface area contributed by atoms with Crippen molar-refractivity contribution in [3.05, 3.63) is 94.5 Å². The Labute approximate surface area is 188 Å². The highest BCUT2D eigenvalue weighted by Crippen LogP contribution is 2.30. The van der Waals surface area contributed by atoms with Crippen LogP contribution in [0.4, 0.5) is 18.9 Å². The fourth-order valence-electron chi connectivity index (χ4n) is 2.89. The number of carbonyl (C=O) groups is 1. The minimum atomic E-state index is -4.50. The Morgan fingerprint density at radius 3 is 2.22 bits per heavy atom. The predicted molar refractivity (Wildman–Crippen MR) is 116 cm³/mol. The van der Waals surface area contributed by atoms with Crippen molar-refractivity contribution in [2.24, 2.45) is 0 Å². The Balaban J connectivity index is 1.82. The number of sulfonamides is 1. The number of nitrogens with one attached hydrogen (secondary N) is 1. The molecule has 0 aliphatic carbocycles. The number of anilines is 1. The zero-order valence-electron chi connectivity index (χ0n) is 16.7. The lowest BCUT2D eigenvalue weighted by Crippen LogP contribution is -2.27. The molecule has 3 aromatic rings. The van der Waals surface area contributed by atoms with Crippen molar-refractivity contribution in [2.75, 3.05) is 12.4 Å². The number of amides is 1. The standard InChI is InChI=1S/C22H18ClF3N2O3S/c1-28(14-15-5-3-2-4-6-15)32(30,31)18-11-12-20(23)19(13-18)21(29)27-17-9-7-16(8-10-17)22(24,25)26/h2-13H,14H2,1H3,(H,27,29). The molecule has 3 aromatic carbocycles. The largest absolute Gasteiger partial charge is 0.416 e. The third-order valence-corrected chi connectivity index (χ3v) is 6.74. The molecule has 5 nitrogen and oxygen atoms in total. The van der Waals surface area contributed by atoms with Gasteiger partial charge in [0.2, 0.25) is 10.0 Å². The molecule has 0 bridgehead atoms. The first kappa shape index (κ1) is 23.8. The van der Waals surface area contributed by atoms with E-state index in [4.69, 9.17) is 11.6 Å². The smallest absolute Gasteiger partial charge is 0.322 e. The van der Waals surface area contributed by atoms with Crippen LogP contribution >= 0.6 is 11.6 Å². The molecular formula is C22H18ClF3N2O3S. The average molecular weight is 483 g/mol. The van der Waals surface area contributed by atoms with Crippen LogP contribution < -0.4 is 5.32 Å². The third-order valence-electron chi connectivity index (χ3n) is 4.61. The quantitative estimate of drug-likeness (QED) is 0.509. The van der Waals surface area contributed by atoms with Crippen molar-refractivity contribution in [3.63, 3.8) is 0 Å². The van der Waals surface area contributed by atoms with Crippen LogP contribution in [0.25, 0.3) is 0 Å². The van der Waals surface area contributed by atoms with Gasteiger partial charge in [-0.1, -0.05) is 41.9 Å². The van der Waals surface area contributed by atoms with E-state index >= 15 is 0 Å². The van der Waals surface area contributed by atoms with Gasteiger partial charge in [-0.3, -0.25) is 4.79 Å². The second-order valence-electron chi connectivity index (χ2n) is 6.92. The Hall–Kier alpha value is -2.88. The van der Waals surface area contributed by atoms with Crippen LogP contribution in [0, 0.1) is 0 Å². The molecule has 0 aliphatic heterocycles. The van der Waals surface area contributed by atoms with Crippen LogP contribution in [0.15, 0.2) is 77.7 Å². The molecule has 0 unspecified atom stereocenters. The van der Waals surface area contributed by atoms with E-state index in [1.165, 1.54) is 19.2 Å². The molecule has 0 spiro atoms. The van der Waals surface area contributed by atoms with Crippen LogP contribution in [0.1, 0.15) is 21.5 Å². The summed E-state index contributed by atoms with van der Waals surface area (Å²) in [5.74, 6) is -0.752. The molecule has 1 N–H and O–H groups in total. The summed E-state index contributed by atoms with van der Waals surface area (Å²) in [6.07, 6.45) is -4.50. The maximum absolute atomic E-state index is 13.0. The van der Waals surface area contributed by atoms with Crippen LogP contribution in [-0.4, -0.2) is 25.7 Å². The normalized spacial score (nSPS) is 12.1. The number of hydrogen-bond acceptors (Lipinski definition) is 3. The van der Waals surface area contributed by atoms with Crippen molar-refractivity contribution in [1.82, 2.24) is 4.31 Å². The van der Waals surface area contributed by atoms with Gasteiger partial charge < -0.3 is 5.32 Å². The van der Waals surface area contributed by atoms with Crippen LogP contribution in [0.3, 0.4) is 0 Å². The molecule has 3 rings (SSSR count). The number of hydrogen-bond donors (Lipinski definition) is 1. The van der Waals surface area contributed by atoms with E-state index in [2.05, 4.69) is 5.32 Å². The molecule has 0 heterocycles. The zero-order chi connectivity index (χ0) is 23.5. The summed E-state index contributed by atoms with van der Waals surface area (Å²) in [5.41, 5.74) is -0.0924. The Morgan fingerprint density at radius 2 is 1.62 bits per heavy atom. The van der Waals surface area contributed by atoms with E-state index in [9.17, 15) is 26.4 Å². The zero-order valence-corrected chi connectivity index (χ0v) is 18.3. The number of halogens is 4. The monoisotopic (exact) mass is 482 g/mol. The minimum Gasteiger partial charge on any atom is -0.322 e. The van der Waals surface area contributed by atoms with E-state index in [1.807, 2.05) is 6.07 Å². The molecule has 0 aromatic heterocycles. The molecule has 168 valence electrons. The van der Waals surface area contributed by atoms with E-state index in [0.717, 1.165) is 40.2 Å². The van der Waals surface area contributed by atoms with Crippen molar-refractivity contribution in [1.29, 1.82) is 0 Å². The molecule has 0 saturated carbocycles. The van der Waals surface area contributed by atoms with Gasteiger partial charge in [-0.25, -0.2) is 8.42 Å². The van der Waals surface area contributed by atoms with Gasteiger partial charge >= 0.3 is 6.18 Å². The van der Waals surface area contributed by atoms with Crippen molar-refractivity contribution in [3.8, 4) is 0 Å². The lowest BCUT2D eigenvalue weighted by Gasteiger charge is -2.18. The molecular weight excluding hydrogens is 465 g/mol. The predicted octanol–water partition coefficient (Wildman–Crippen LogP) is 5.43. The van der Waals surface area contributed by atoms with E-state index in [-0.39, 0.29) is 27.7 Å². The molecule has 0 radical (unpaired) electrons. The molecule has 0 aliphatic rings. The Morgan fingerprint density at radius 1 is 1.00 bits per heavy atom. The van der Waals surface area contributed by atoms with Gasteiger partial charge in [-0.2, -0.15) is 17.5 Å². The number of rotatable bonds is 6. The average Bonchev–Trinajstić information content (AvgIpc) is 2.74. The molecule has 10 heteroatoms. The van der Waals surface area contributed by atoms with Crippen molar-refractivity contribution >= 4 is 33.2 Å². The van der Waals surface area contributed by atoms with Gasteiger partial charge in [-0.15, -0.1) is 0 Å². The Kier molecular flexibility index (Phi) is 6.92. The number of benzene rings is 3. The topological polar surface area (TPSA) is 66.5 Å². The summed E-state index contributed by atoms with van der Waals surface area (Å²) in [4.78, 5) is 12.5. The first-order valence-electron chi connectivity index (χ1n) is 9.27. The van der Waals surface area contributed by atoms with E-state index in [1.54, 1.807) is 24.3 Å². The highest BCUT2D eigenvalue weighted by molar-refractivity contribution is 7.89. The molecule has 0 fully saturated rings. The lowest BCUT2D eigenvalue weighted by molar-refractivity contribution is -0.137. The summed E-state index contributed by atoms with van der Waals surface area (Å²) in [5, 5.41) is 2.43. The van der Waals surface area contributed by atoms with Crippen LogP contribution in [0.2, 0.25) is 5.02 Å². The third kappa shape index (κ3) is 5.48. The molecule has 0 saturated heterocycles. The highest BCUT2D eigenvalue weighted by atomic mass is 35.5. The Bertz CT molecular complexity index is 1220. The van der Waals surface area contributed by atoms with Gasteiger partial charge in [0, 0.05) is 19.3 Å². The fraction of sp³-hybridized carbons (Fsp3) is 0.136. The van der Waals surface area contributed by atoms with E-state index < -0.39 is 27.7 Å². The minimum absolute atomic E-state index is 0.000857. The van der Waals surface area contributed by atoms with Gasteiger partial charge in [0.1, 0.15) is 0 Å². The first-order valence-corrected chi connectivity index (χ1v) is 11.1. The fourth-order valence-corrected chi connectivity index (χ4v) is 4.27. The lowest BCUT2D eigenvalue weighted by atomic mass is 10.1. The van der Waals surface area contributed by atoms with Crippen LogP contribution in [-0.2, 0) is 22.7 Å². The van der Waals surface area contributed by atoms with E-state index in [0.29, 0.717) is 0 Å². The molecule has 32 heavy (non-hydrogen) atoms. The summed E-state index contributed by atoms with van der Waals surface area (Å²) in [7, 11) is -2.52. The highest BCUT2D eigenvalue weighted by Gasteiger charge is 2.30. The van der Waals surface area contributed by atoms with Crippen molar-refractivity contribution < 1.29 is 26.4 Å². The summed E-state index contributed by atoms with van der Waals surface area (Å²) < 4.78 is 65.1. The van der Waals surface area contributed by atoms with Gasteiger partial charge in [0.15, 0.2) is 0 Å². The van der Waals surface area contributed by atoms with Gasteiger partial charge in [0.05, 0.1) is 21.0 Å². The first-order chi connectivity index (χ1) is 15.0. The van der Waals surface area contributed by atoms with Gasteiger partial charge in [-0.05, 0) is 48.0 Å². The summed E-state index contributed by atoms with van der Waals surface area (Å²) in [6, 6.07) is 16.5. The SMILES string of the molecule is CN(Cc1ccccc1)S(=O)(=O)c1ccc(Cl)c(C(=O)Nc2ccc(C(F)(F)F)cc2)c1. The maximum atomic E-state index is 13.0. The molecule has 0 atom stereocenters. The van der Waals surface area contributed by atoms with Crippen molar-refractivity contribution in [2.45, 2.75) is 17.6 Å². The summed E-state index contributed by atoms with van der Waals surface area (Å²) >= 11 is 6.08. The number of carbonyl (C=O) groups excluding carboxylic acids is 1. The van der Waals surface area contributed by atoms with Gasteiger partial charge in [0.25, 0.3) is 5.91 Å². The summed E-state index contributed by atoms with van der Waals surface area (Å²) in [6.45, 7) is 0.124. The molecule has 1 amide bonds. The number of nitrogens with zero attached hydrogens (tertiary/aromatic N) is 1.